The van der Waals surface area contributed by atoms with Gasteiger partial charge in [-0.25, -0.2) is 4.98 Å². The van der Waals surface area contributed by atoms with Crippen LogP contribution in [0.25, 0.3) is 16.0 Å². The van der Waals surface area contributed by atoms with E-state index in [0.717, 1.165) is 45.5 Å². The van der Waals surface area contributed by atoms with E-state index in [1.54, 1.807) is 12.1 Å². The highest BCUT2D eigenvalue weighted by molar-refractivity contribution is 7.22. The molecule has 1 N–H and O–H groups in total. The number of ether oxygens (including phenoxy) is 2. The van der Waals surface area contributed by atoms with Gasteiger partial charge < -0.3 is 14.6 Å². The lowest BCUT2D eigenvalue weighted by Gasteiger charge is -2.23. The Balaban J connectivity index is 1.51. The molecule has 0 radical (unpaired) electrons. The Hall–Kier alpha value is -4.17. The van der Waals surface area contributed by atoms with Gasteiger partial charge in [0.05, 0.1) is 28.4 Å². The number of benzene rings is 3. The fourth-order valence-electron chi connectivity index (χ4n) is 5.64. The molecule has 6 rings (SSSR count). The first-order valence-corrected chi connectivity index (χ1v) is 14.8. The standard InChI is InChI=1S/C33H32N2O5S/c1-5-6-12-39-24-9-7-8-21(17-24)29-27(30(36)22-10-11-25-23(16-22)15-20(4)40-25)31(37)32(38)35(29)33-34-28-19(3)13-18(2)14-26(28)41-33/h7-11,13-14,16-17,20,29,36H,5-6,12,15H2,1-4H3/b30-27+/t20-,29+/m1/s1. The van der Waals surface area contributed by atoms with Crippen molar-refractivity contribution in [2.24, 2.45) is 0 Å². The second kappa shape index (κ2) is 10.7. The van der Waals surface area contributed by atoms with Gasteiger partial charge in [0.2, 0.25) is 0 Å². The number of anilines is 1. The van der Waals surface area contributed by atoms with E-state index in [2.05, 4.69) is 6.92 Å². The fraction of sp³-hybridized carbons (Fsp3) is 0.303. The molecule has 2 atom stereocenters. The van der Waals surface area contributed by atoms with Crippen LogP contribution in [0.15, 0.2) is 60.2 Å². The second-order valence-electron chi connectivity index (χ2n) is 10.8. The van der Waals surface area contributed by atoms with Gasteiger partial charge in [0.25, 0.3) is 5.78 Å². The molecule has 0 spiro atoms. The van der Waals surface area contributed by atoms with Crippen LogP contribution in [-0.2, 0) is 16.0 Å². The molecule has 1 fully saturated rings. The van der Waals surface area contributed by atoms with E-state index in [1.807, 2.05) is 63.2 Å². The molecule has 8 heteroatoms. The number of nitrogens with zero attached hydrogens (tertiary/aromatic N) is 2. The number of hydrogen-bond acceptors (Lipinski definition) is 7. The summed E-state index contributed by atoms with van der Waals surface area (Å²) in [4.78, 5) is 33.7. The number of aromatic nitrogens is 1. The van der Waals surface area contributed by atoms with Gasteiger partial charge in [0.15, 0.2) is 5.13 Å². The molecule has 0 bridgehead atoms. The maximum atomic E-state index is 13.7. The number of Topliss-reactive ketones (excluding diaryl/α,β-unsaturated/α-hetero) is 1. The third-order valence-electron chi connectivity index (χ3n) is 7.58. The number of aliphatic hydroxyl groups is 1. The Morgan fingerprint density at radius 3 is 2.78 bits per heavy atom. The monoisotopic (exact) mass is 568 g/mol. The molecule has 2 aliphatic rings. The van der Waals surface area contributed by atoms with E-state index in [-0.39, 0.29) is 17.4 Å². The minimum atomic E-state index is -0.880. The third kappa shape index (κ3) is 4.86. The van der Waals surface area contributed by atoms with Crippen molar-refractivity contribution >= 4 is 44.1 Å². The number of amides is 1. The average Bonchev–Trinajstić information content (AvgIpc) is 3.61. The SMILES string of the molecule is CCCCOc1cccc([C@H]2/C(=C(\O)c3ccc4c(c3)C[C@@H](C)O4)C(=O)C(=O)N2c2nc3c(C)cc(C)cc3s2)c1. The van der Waals surface area contributed by atoms with Crippen LogP contribution in [0.4, 0.5) is 5.13 Å². The van der Waals surface area contributed by atoms with Crippen LogP contribution >= 0.6 is 11.3 Å². The average molecular weight is 569 g/mol. The van der Waals surface area contributed by atoms with Gasteiger partial charge >= 0.3 is 5.91 Å². The summed E-state index contributed by atoms with van der Waals surface area (Å²) in [6.07, 6.45) is 2.65. The molecular formula is C33H32N2O5S. The lowest BCUT2D eigenvalue weighted by Crippen LogP contribution is -2.29. The van der Waals surface area contributed by atoms with E-state index in [9.17, 15) is 14.7 Å². The summed E-state index contributed by atoms with van der Waals surface area (Å²) in [6, 6.07) is 16.0. The van der Waals surface area contributed by atoms with Crippen molar-refractivity contribution in [3.8, 4) is 11.5 Å². The number of aryl methyl sites for hydroxylation is 2. The summed E-state index contributed by atoms with van der Waals surface area (Å²) >= 11 is 1.36. The van der Waals surface area contributed by atoms with E-state index in [0.29, 0.717) is 35.0 Å². The van der Waals surface area contributed by atoms with E-state index < -0.39 is 17.7 Å². The summed E-state index contributed by atoms with van der Waals surface area (Å²) in [5.41, 5.74) is 4.99. The number of ketones is 1. The lowest BCUT2D eigenvalue weighted by molar-refractivity contribution is -0.132. The highest BCUT2D eigenvalue weighted by atomic mass is 32.1. The third-order valence-corrected chi connectivity index (χ3v) is 8.58. The predicted molar refractivity (Wildman–Crippen MR) is 161 cm³/mol. The number of rotatable bonds is 7. The van der Waals surface area contributed by atoms with Crippen molar-refractivity contribution < 1.29 is 24.2 Å². The Bertz CT molecular complexity index is 1720. The number of carbonyl (C=O) groups is 2. The lowest BCUT2D eigenvalue weighted by atomic mass is 9.94. The Morgan fingerprint density at radius 2 is 1.98 bits per heavy atom. The molecule has 2 aliphatic heterocycles. The van der Waals surface area contributed by atoms with Crippen LogP contribution in [0.1, 0.15) is 60.5 Å². The molecule has 7 nitrogen and oxygen atoms in total. The first-order chi connectivity index (χ1) is 19.7. The van der Waals surface area contributed by atoms with Crippen LogP contribution < -0.4 is 14.4 Å². The number of aliphatic hydroxyl groups excluding tert-OH is 1. The number of hydrogen-bond donors (Lipinski definition) is 1. The molecular weight excluding hydrogens is 536 g/mol. The summed E-state index contributed by atoms with van der Waals surface area (Å²) < 4.78 is 12.7. The van der Waals surface area contributed by atoms with Crippen molar-refractivity contribution in [3.05, 3.63) is 88.0 Å². The summed E-state index contributed by atoms with van der Waals surface area (Å²) in [5, 5.41) is 12.1. The quantitative estimate of drug-likeness (QED) is 0.111. The van der Waals surface area contributed by atoms with Crippen LogP contribution in [0, 0.1) is 13.8 Å². The van der Waals surface area contributed by atoms with Gasteiger partial charge in [-0.1, -0.05) is 42.9 Å². The van der Waals surface area contributed by atoms with Gasteiger partial charge in [-0.15, -0.1) is 0 Å². The number of thiazole rings is 1. The zero-order valence-corrected chi connectivity index (χ0v) is 24.4. The van der Waals surface area contributed by atoms with Crippen LogP contribution in [-0.4, -0.2) is 34.5 Å². The minimum Gasteiger partial charge on any atom is -0.507 e. The zero-order valence-electron chi connectivity index (χ0n) is 23.6. The summed E-state index contributed by atoms with van der Waals surface area (Å²) in [7, 11) is 0. The Labute approximate surface area is 243 Å². The molecule has 3 heterocycles. The van der Waals surface area contributed by atoms with Crippen molar-refractivity contribution in [2.45, 2.75) is 59.1 Å². The van der Waals surface area contributed by atoms with Gasteiger partial charge in [-0.3, -0.25) is 14.5 Å². The van der Waals surface area contributed by atoms with Gasteiger partial charge in [0, 0.05) is 12.0 Å². The van der Waals surface area contributed by atoms with Gasteiger partial charge in [-0.05, 0) is 85.8 Å². The summed E-state index contributed by atoms with van der Waals surface area (Å²) in [6.45, 7) is 8.65. The van der Waals surface area contributed by atoms with Gasteiger partial charge in [-0.2, -0.15) is 0 Å². The topological polar surface area (TPSA) is 89.0 Å². The molecule has 0 aliphatic carbocycles. The van der Waals surface area contributed by atoms with E-state index >= 15 is 0 Å². The highest BCUT2D eigenvalue weighted by Crippen LogP contribution is 2.45. The van der Waals surface area contributed by atoms with E-state index in [4.69, 9.17) is 14.5 Å². The normalized spacial score (nSPS) is 19.6. The largest absolute Gasteiger partial charge is 0.507 e. The van der Waals surface area contributed by atoms with Crippen LogP contribution in [0.3, 0.4) is 0 Å². The van der Waals surface area contributed by atoms with Crippen LogP contribution in [0.5, 0.6) is 11.5 Å². The maximum absolute atomic E-state index is 13.7. The molecule has 41 heavy (non-hydrogen) atoms. The van der Waals surface area contributed by atoms with Gasteiger partial charge in [0.1, 0.15) is 23.4 Å². The number of carbonyl (C=O) groups excluding carboxylic acids is 2. The minimum absolute atomic E-state index is 0.0276. The second-order valence-corrected chi connectivity index (χ2v) is 11.8. The van der Waals surface area contributed by atoms with Crippen molar-refractivity contribution in [1.29, 1.82) is 0 Å². The first-order valence-electron chi connectivity index (χ1n) is 14.0. The molecule has 1 saturated heterocycles. The molecule has 1 amide bonds. The number of unbranched alkanes of at least 4 members (excludes halogenated alkanes) is 1. The molecule has 3 aromatic carbocycles. The molecule has 210 valence electrons. The highest BCUT2D eigenvalue weighted by Gasteiger charge is 2.48. The van der Waals surface area contributed by atoms with Crippen LogP contribution in [0.2, 0.25) is 0 Å². The van der Waals surface area contributed by atoms with E-state index in [1.165, 1.54) is 16.2 Å². The zero-order chi connectivity index (χ0) is 28.8. The Morgan fingerprint density at radius 1 is 1.15 bits per heavy atom. The number of fused-ring (bicyclic) bond motifs is 2. The predicted octanol–water partition coefficient (Wildman–Crippen LogP) is 7.04. The molecule has 4 aromatic rings. The van der Waals surface area contributed by atoms with Crippen molar-refractivity contribution in [3.63, 3.8) is 0 Å². The summed E-state index contributed by atoms with van der Waals surface area (Å²) in [5.74, 6) is -0.282. The Kier molecular flexibility index (Phi) is 7.03. The smallest absolute Gasteiger partial charge is 0.301 e. The van der Waals surface area contributed by atoms with Crippen molar-refractivity contribution in [1.82, 2.24) is 4.98 Å². The van der Waals surface area contributed by atoms with Crippen molar-refractivity contribution in [2.75, 3.05) is 11.5 Å². The molecule has 1 aromatic heterocycles. The first kappa shape index (κ1) is 27.0. The maximum Gasteiger partial charge on any atom is 0.301 e. The molecule has 0 saturated carbocycles. The fourth-order valence-corrected chi connectivity index (χ4v) is 6.81. The molecule has 0 unspecified atom stereocenters.